The Labute approximate surface area is 176 Å². The second-order valence-electron chi connectivity index (χ2n) is 8.93. The molecule has 3 fully saturated rings. The van der Waals surface area contributed by atoms with Gasteiger partial charge in [0.15, 0.2) is 5.76 Å². The van der Waals surface area contributed by atoms with E-state index in [0.29, 0.717) is 25.3 Å². The molecular formula is C24H28N2O4. The van der Waals surface area contributed by atoms with Crippen molar-refractivity contribution in [1.82, 2.24) is 10.2 Å². The fourth-order valence-electron chi connectivity index (χ4n) is 5.60. The van der Waals surface area contributed by atoms with Gasteiger partial charge in [0.1, 0.15) is 0 Å². The van der Waals surface area contributed by atoms with Gasteiger partial charge in [-0.3, -0.25) is 9.59 Å². The van der Waals surface area contributed by atoms with E-state index in [2.05, 4.69) is 17.4 Å². The highest BCUT2D eigenvalue weighted by Gasteiger charge is 2.63. The van der Waals surface area contributed by atoms with Crippen molar-refractivity contribution >= 4 is 11.8 Å². The predicted molar refractivity (Wildman–Crippen MR) is 111 cm³/mol. The Kier molecular flexibility index (Phi) is 4.89. The fourth-order valence-corrected chi connectivity index (χ4v) is 5.60. The second kappa shape index (κ2) is 7.58. The van der Waals surface area contributed by atoms with Crippen molar-refractivity contribution in [2.45, 2.75) is 44.3 Å². The number of furan rings is 1. The number of benzene rings is 1. The first kappa shape index (κ1) is 19.4. The normalized spacial score (nSPS) is 29.2. The molecule has 4 heterocycles. The molecule has 0 unspecified atom stereocenters. The van der Waals surface area contributed by atoms with Crippen LogP contribution >= 0.6 is 0 Å². The Hall–Kier alpha value is -2.60. The molecule has 30 heavy (non-hydrogen) atoms. The van der Waals surface area contributed by atoms with Crippen molar-refractivity contribution < 1.29 is 18.7 Å². The van der Waals surface area contributed by atoms with Gasteiger partial charge in [0.2, 0.25) is 5.91 Å². The minimum atomic E-state index is -0.219. The number of amides is 2. The molecule has 3 aliphatic heterocycles. The molecule has 4 atom stereocenters. The van der Waals surface area contributed by atoms with Crippen LogP contribution in [0, 0.1) is 18.8 Å². The molecule has 1 N–H and O–H groups in total. The standard InChI is InChI=1S/C24H28N2O4/c1-16-10-12-29-22(16)23(28)25-13-18-19-14-26(15-24(19)11-9-20(18)30-24)21(27)8-7-17-5-3-2-4-6-17/h2-6,10,12,18-20H,7-9,11,13-15H2,1H3,(H,25,28)/t18-,19+,20+,24+/m0/s1. The summed E-state index contributed by atoms with van der Waals surface area (Å²) in [6, 6.07) is 11.9. The van der Waals surface area contributed by atoms with Crippen molar-refractivity contribution in [3.05, 3.63) is 59.5 Å². The Morgan fingerprint density at radius 2 is 2.07 bits per heavy atom. The van der Waals surface area contributed by atoms with Crippen LogP contribution < -0.4 is 5.32 Å². The lowest BCUT2D eigenvalue weighted by molar-refractivity contribution is -0.131. The molecule has 6 heteroatoms. The molecule has 1 aromatic carbocycles. The van der Waals surface area contributed by atoms with Crippen LogP contribution in [0.5, 0.6) is 0 Å². The molecule has 0 saturated carbocycles. The molecule has 3 aliphatic rings. The Balaban J connectivity index is 1.20. The third kappa shape index (κ3) is 3.33. The van der Waals surface area contributed by atoms with Gasteiger partial charge in [-0.2, -0.15) is 0 Å². The van der Waals surface area contributed by atoms with Gasteiger partial charge >= 0.3 is 0 Å². The van der Waals surface area contributed by atoms with Gasteiger partial charge in [-0.25, -0.2) is 0 Å². The summed E-state index contributed by atoms with van der Waals surface area (Å²) < 4.78 is 11.7. The van der Waals surface area contributed by atoms with Gasteiger partial charge in [0, 0.05) is 36.9 Å². The van der Waals surface area contributed by atoms with E-state index in [1.807, 2.05) is 30.0 Å². The van der Waals surface area contributed by atoms with E-state index in [4.69, 9.17) is 9.15 Å². The zero-order valence-corrected chi connectivity index (χ0v) is 17.3. The van der Waals surface area contributed by atoms with Crippen LogP contribution in [0.15, 0.2) is 47.1 Å². The minimum absolute atomic E-state index is 0.176. The first-order valence-electron chi connectivity index (χ1n) is 10.9. The van der Waals surface area contributed by atoms with E-state index in [1.165, 1.54) is 11.8 Å². The average molecular weight is 408 g/mol. The molecule has 3 saturated heterocycles. The summed E-state index contributed by atoms with van der Waals surface area (Å²) in [5.74, 6) is 0.921. The van der Waals surface area contributed by atoms with Gasteiger partial charge in [0.25, 0.3) is 5.91 Å². The maximum atomic E-state index is 12.9. The Morgan fingerprint density at radius 1 is 1.23 bits per heavy atom. The lowest BCUT2D eigenvalue weighted by Gasteiger charge is -2.29. The SMILES string of the molecule is Cc1ccoc1C(=O)NC[C@H]1[C@H]2CN(C(=O)CCc3ccccc3)C[C@]23CC[C@H]1O3. The topological polar surface area (TPSA) is 71.8 Å². The van der Waals surface area contributed by atoms with E-state index in [9.17, 15) is 9.59 Å². The summed E-state index contributed by atoms with van der Waals surface area (Å²) in [6.07, 6.45) is 5.01. The number of nitrogens with zero attached hydrogens (tertiary/aromatic N) is 1. The number of hydrogen-bond donors (Lipinski definition) is 1. The first-order valence-corrected chi connectivity index (χ1v) is 10.9. The van der Waals surface area contributed by atoms with Crippen LogP contribution in [0.25, 0.3) is 0 Å². The van der Waals surface area contributed by atoms with E-state index in [0.717, 1.165) is 31.4 Å². The van der Waals surface area contributed by atoms with Crippen molar-refractivity contribution in [1.29, 1.82) is 0 Å². The molecule has 0 aliphatic carbocycles. The highest BCUT2D eigenvalue weighted by atomic mass is 16.5. The molecule has 0 radical (unpaired) electrons. The lowest BCUT2D eigenvalue weighted by Crippen LogP contribution is -2.41. The summed E-state index contributed by atoms with van der Waals surface area (Å²) in [7, 11) is 0. The molecular weight excluding hydrogens is 380 g/mol. The van der Waals surface area contributed by atoms with Crippen molar-refractivity contribution in [2.75, 3.05) is 19.6 Å². The third-order valence-electron chi connectivity index (χ3n) is 7.17. The molecule has 1 spiro atoms. The predicted octanol–water partition coefficient (Wildman–Crippen LogP) is 2.96. The van der Waals surface area contributed by atoms with Crippen LogP contribution in [-0.4, -0.2) is 48.1 Å². The monoisotopic (exact) mass is 408 g/mol. The van der Waals surface area contributed by atoms with Gasteiger partial charge in [-0.1, -0.05) is 30.3 Å². The van der Waals surface area contributed by atoms with Crippen LogP contribution in [0.3, 0.4) is 0 Å². The van der Waals surface area contributed by atoms with E-state index in [1.54, 1.807) is 6.07 Å². The Bertz CT molecular complexity index is 940. The average Bonchev–Trinajstić information content (AvgIpc) is 3.51. The van der Waals surface area contributed by atoms with Gasteiger partial charge in [-0.05, 0) is 37.8 Å². The highest BCUT2D eigenvalue weighted by Crippen LogP contribution is 2.54. The quantitative estimate of drug-likeness (QED) is 0.798. The van der Waals surface area contributed by atoms with Crippen molar-refractivity contribution in [2.24, 2.45) is 11.8 Å². The zero-order chi connectivity index (χ0) is 20.7. The van der Waals surface area contributed by atoms with Gasteiger partial charge in [-0.15, -0.1) is 0 Å². The number of likely N-dealkylation sites (tertiary alicyclic amines) is 1. The molecule has 5 rings (SSSR count). The summed E-state index contributed by atoms with van der Waals surface area (Å²) in [6.45, 7) is 3.83. The van der Waals surface area contributed by atoms with Crippen molar-refractivity contribution in [3.8, 4) is 0 Å². The molecule has 2 aromatic rings. The van der Waals surface area contributed by atoms with Crippen molar-refractivity contribution in [3.63, 3.8) is 0 Å². The Morgan fingerprint density at radius 3 is 2.83 bits per heavy atom. The highest BCUT2D eigenvalue weighted by molar-refractivity contribution is 5.92. The van der Waals surface area contributed by atoms with E-state index >= 15 is 0 Å². The van der Waals surface area contributed by atoms with Crippen LogP contribution in [-0.2, 0) is 16.0 Å². The van der Waals surface area contributed by atoms with Crippen LogP contribution in [0.1, 0.15) is 40.9 Å². The number of nitrogens with one attached hydrogen (secondary N) is 1. The second-order valence-corrected chi connectivity index (χ2v) is 8.93. The minimum Gasteiger partial charge on any atom is -0.459 e. The number of fused-ring (bicyclic) bond motifs is 1. The summed E-state index contributed by atoms with van der Waals surface area (Å²) in [5.41, 5.74) is 1.81. The van der Waals surface area contributed by atoms with Crippen LogP contribution in [0.4, 0.5) is 0 Å². The van der Waals surface area contributed by atoms with Gasteiger partial charge < -0.3 is 19.4 Å². The third-order valence-corrected chi connectivity index (χ3v) is 7.17. The number of hydrogen-bond acceptors (Lipinski definition) is 4. The number of ether oxygens (including phenoxy) is 1. The van der Waals surface area contributed by atoms with Gasteiger partial charge in [0.05, 0.1) is 24.5 Å². The largest absolute Gasteiger partial charge is 0.459 e. The molecule has 2 bridgehead atoms. The first-order chi connectivity index (χ1) is 14.6. The fraction of sp³-hybridized carbons (Fsp3) is 0.500. The molecule has 2 amide bonds. The number of rotatable bonds is 6. The number of aryl methyl sites for hydroxylation is 2. The molecule has 6 nitrogen and oxygen atoms in total. The molecule has 158 valence electrons. The molecule has 1 aromatic heterocycles. The maximum Gasteiger partial charge on any atom is 0.287 e. The number of carbonyl (C=O) groups is 2. The zero-order valence-electron chi connectivity index (χ0n) is 17.3. The maximum absolute atomic E-state index is 12.9. The van der Waals surface area contributed by atoms with E-state index in [-0.39, 0.29) is 35.4 Å². The van der Waals surface area contributed by atoms with E-state index < -0.39 is 0 Å². The lowest BCUT2D eigenvalue weighted by atomic mass is 9.73. The summed E-state index contributed by atoms with van der Waals surface area (Å²) >= 11 is 0. The smallest absolute Gasteiger partial charge is 0.287 e. The van der Waals surface area contributed by atoms with Crippen LogP contribution in [0.2, 0.25) is 0 Å². The summed E-state index contributed by atoms with van der Waals surface area (Å²) in [5, 5.41) is 3.04. The number of carbonyl (C=O) groups excluding carboxylic acids is 2. The summed E-state index contributed by atoms with van der Waals surface area (Å²) in [4.78, 5) is 27.3.